The van der Waals surface area contributed by atoms with Gasteiger partial charge in [0.25, 0.3) is 5.91 Å². The molecule has 0 aliphatic carbocycles. The first-order valence-electron chi connectivity index (χ1n) is 8.75. The number of nitrogens with zero attached hydrogens (tertiary/aromatic N) is 2. The van der Waals surface area contributed by atoms with Crippen LogP contribution in [0, 0.1) is 6.92 Å². The van der Waals surface area contributed by atoms with E-state index in [1.165, 1.54) is 4.88 Å². The summed E-state index contributed by atoms with van der Waals surface area (Å²) in [6, 6.07) is 9.64. The minimum atomic E-state index is -0.0754. The highest BCUT2D eigenvalue weighted by atomic mass is 35.5. The van der Waals surface area contributed by atoms with Crippen LogP contribution in [0.5, 0.6) is 5.75 Å². The standard InChI is InChI=1S/C20H18Cl2N2O2S/c1-12-6-7-13-14(21)10-15(22)20(19(13)23-12)26-11-18(25)24-8-2-4-16(24)17-5-3-9-27-17/h3,5-7,9-10,16H,2,4,8,11H2,1H3/t16-/m1/s1. The van der Waals surface area contributed by atoms with E-state index >= 15 is 0 Å². The Morgan fingerprint density at radius 2 is 2.19 bits per heavy atom. The molecule has 7 heteroatoms. The molecule has 1 saturated heterocycles. The lowest BCUT2D eigenvalue weighted by Crippen LogP contribution is -2.34. The van der Waals surface area contributed by atoms with Gasteiger partial charge in [-0.15, -0.1) is 11.3 Å². The van der Waals surface area contributed by atoms with E-state index in [-0.39, 0.29) is 18.6 Å². The molecule has 1 fully saturated rings. The minimum absolute atomic E-state index is 0.0438. The van der Waals surface area contributed by atoms with Gasteiger partial charge in [0.1, 0.15) is 5.52 Å². The van der Waals surface area contributed by atoms with E-state index in [1.54, 1.807) is 17.4 Å². The summed E-state index contributed by atoms with van der Waals surface area (Å²) in [7, 11) is 0. The molecular weight excluding hydrogens is 403 g/mol. The zero-order valence-electron chi connectivity index (χ0n) is 14.7. The van der Waals surface area contributed by atoms with Gasteiger partial charge in [0.15, 0.2) is 12.4 Å². The number of benzene rings is 1. The zero-order valence-corrected chi connectivity index (χ0v) is 17.1. The summed E-state index contributed by atoms with van der Waals surface area (Å²) in [6.07, 6.45) is 1.98. The fourth-order valence-electron chi connectivity index (χ4n) is 3.49. The molecule has 0 bridgehead atoms. The summed E-state index contributed by atoms with van der Waals surface area (Å²) in [5, 5.41) is 3.67. The van der Waals surface area contributed by atoms with Crippen LogP contribution in [0.3, 0.4) is 0 Å². The molecule has 4 nitrogen and oxygen atoms in total. The molecule has 0 unspecified atom stereocenters. The number of halogens is 2. The molecule has 1 aliphatic rings. The van der Waals surface area contributed by atoms with Gasteiger partial charge in [-0.3, -0.25) is 4.79 Å². The Hall–Kier alpha value is -1.82. The Morgan fingerprint density at radius 1 is 1.33 bits per heavy atom. The van der Waals surface area contributed by atoms with Gasteiger partial charge in [-0.1, -0.05) is 29.3 Å². The first-order chi connectivity index (χ1) is 13.0. The number of fused-ring (bicyclic) bond motifs is 1. The van der Waals surface area contributed by atoms with Crippen molar-refractivity contribution in [1.82, 2.24) is 9.88 Å². The second kappa shape index (κ2) is 7.66. The van der Waals surface area contributed by atoms with Crippen molar-refractivity contribution < 1.29 is 9.53 Å². The van der Waals surface area contributed by atoms with E-state index in [2.05, 4.69) is 11.1 Å². The molecule has 0 radical (unpaired) electrons. The Balaban J connectivity index is 1.57. The van der Waals surface area contributed by atoms with Crippen molar-refractivity contribution in [2.75, 3.05) is 13.2 Å². The monoisotopic (exact) mass is 420 g/mol. The molecule has 3 heterocycles. The Bertz CT molecular complexity index is 991. The predicted octanol–water partition coefficient (Wildman–Crippen LogP) is 5.65. The third kappa shape index (κ3) is 3.64. The number of amides is 1. The van der Waals surface area contributed by atoms with Crippen LogP contribution in [-0.2, 0) is 4.79 Å². The van der Waals surface area contributed by atoms with Crippen molar-refractivity contribution in [3.05, 3.63) is 56.3 Å². The fourth-order valence-corrected chi connectivity index (χ4v) is 4.93. The quantitative estimate of drug-likeness (QED) is 0.547. The lowest BCUT2D eigenvalue weighted by Gasteiger charge is -2.24. The highest BCUT2D eigenvalue weighted by Gasteiger charge is 2.31. The van der Waals surface area contributed by atoms with Gasteiger partial charge < -0.3 is 9.64 Å². The first-order valence-corrected chi connectivity index (χ1v) is 10.4. The number of rotatable bonds is 4. The molecule has 1 amide bonds. The van der Waals surface area contributed by atoms with Crippen molar-refractivity contribution in [2.45, 2.75) is 25.8 Å². The molecule has 1 aromatic carbocycles. The molecule has 2 aromatic heterocycles. The third-order valence-electron chi connectivity index (χ3n) is 4.76. The smallest absolute Gasteiger partial charge is 0.261 e. The number of thiophene rings is 1. The van der Waals surface area contributed by atoms with Gasteiger partial charge in [-0.2, -0.15) is 0 Å². The van der Waals surface area contributed by atoms with Crippen LogP contribution >= 0.6 is 34.5 Å². The molecule has 3 aromatic rings. The van der Waals surface area contributed by atoms with E-state index in [0.29, 0.717) is 21.3 Å². The lowest BCUT2D eigenvalue weighted by atomic mass is 10.2. The number of aryl methyl sites for hydroxylation is 1. The summed E-state index contributed by atoms with van der Waals surface area (Å²) in [5.74, 6) is 0.359. The maximum Gasteiger partial charge on any atom is 0.261 e. The summed E-state index contributed by atoms with van der Waals surface area (Å²) in [6.45, 7) is 2.56. The number of hydrogen-bond donors (Lipinski definition) is 0. The average Bonchev–Trinajstić information content (AvgIpc) is 3.32. The predicted molar refractivity (Wildman–Crippen MR) is 110 cm³/mol. The van der Waals surface area contributed by atoms with Crippen molar-refractivity contribution in [3.63, 3.8) is 0 Å². The van der Waals surface area contributed by atoms with E-state index in [9.17, 15) is 4.79 Å². The number of ether oxygens (including phenoxy) is 1. The van der Waals surface area contributed by atoms with Crippen molar-refractivity contribution in [1.29, 1.82) is 0 Å². The highest BCUT2D eigenvalue weighted by Crippen LogP contribution is 2.38. The van der Waals surface area contributed by atoms with Crippen LogP contribution in [0.1, 0.15) is 29.5 Å². The molecule has 140 valence electrons. The highest BCUT2D eigenvalue weighted by molar-refractivity contribution is 7.10. The van der Waals surface area contributed by atoms with Crippen LogP contribution < -0.4 is 4.74 Å². The molecule has 0 spiro atoms. The number of pyridine rings is 1. The van der Waals surface area contributed by atoms with Gasteiger partial charge in [-0.25, -0.2) is 4.98 Å². The second-order valence-corrected chi connectivity index (χ2v) is 8.36. The minimum Gasteiger partial charge on any atom is -0.480 e. The molecule has 4 rings (SSSR count). The topological polar surface area (TPSA) is 42.4 Å². The van der Waals surface area contributed by atoms with Gasteiger partial charge in [-0.05, 0) is 49.4 Å². The number of likely N-dealkylation sites (tertiary alicyclic amines) is 1. The van der Waals surface area contributed by atoms with E-state index < -0.39 is 0 Å². The Morgan fingerprint density at radius 3 is 2.96 bits per heavy atom. The summed E-state index contributed by atoms with van der Waals surface area (Å²) in [4.78, 5) is 20.4. The Labute approximate surface area is 171 Å². The number of carbonyl (C=O) groups excluding carboxylic acids is 1. The van der Waals surface area contributed by atoms with Crippen LogP contribution in [0.25, 0.3) is 10.9 Å². The zero-order chi connectivity index (χ0) is 19.0. The fraction of sp³-hybridized carbons (Fsp3) is 0.300. The summed E-state index contributed by atoms with van der Waals surface area (Å²) < 4.78 is 5.86. The largest absolute Gasteiger partial charge is 0.480 e. The van der Waals surface area contributed by atoms with Crippen LogP contribution in [-0.4, -0.2) is 28.9 Å². The molecule has 0 saturated carbocycles. The number of aromatic nitrogens is 1. The summed E-state index contributed by atoms with van der Waals surface area (Å²) in [5.41, 5.74) is 1.41. The maximum absolute atomic E-state index is 12.8. The SMILES string of the molecule is Cc1ccc2c(Cl)cc(Cl)c(OCC(=O)N3CCC[C@@H]3c3cccs3)c2n1. The number of hydrogen-bond acceptors (Lipinski definition) is 4. The lowest BCUT2D eigenvalue weighted by molar-refractivity contribution is -0.134. The van der Waals surface area contributed by atoms with Gasteiger partial charge >= 0.3 is 0 Å². The van der Waals surface area contributed by atoms with Gasteiger partial charge in [0.2, 0.25) is 0 Å². The third-order valence-corrected chi connectivity index (χ3v) is 6.33. The normalized spacial score (nSPS) is 16.9. The molecule has 1 atom stereocenters. The first kappa shape index (κ1) is 18.5. The van der Waals surface area contributed by atoms with Crippen LogP contribution in [0.4, 0.5) is 0 Å². The molecule has 27 heavy (non-hydrogen) atoms. The van der Waals surface area contributed by atoms with Crippen LogP contribution in [0.15, 0.2) is 35.7 Å². The summed E-state index contributed by atoms with van der Waals surface area (Å²) >= 11 is 14.3. The average molecular weight is 421 g/mol. The van der Waals surface area contributed by atoms with Crippen LogP contribution in [0.2, 0.25) is 10.0 Å². The van der Waals surface area contributed by atoms with E-state index in [0.717, 1.165) is 30.5 Å². The Kier molecular flexibility index (Phi) is 5.26. The van der Waals surface area contributed by atoms with Crippen molar-refractivity contribution in [2.24, 2.45) is 0 Å². The maximum atomic E-state index is 12.8. The molecule has 1 aliphatic heterocycles. The van der Waals surface area contributed by atoms with Gasteiger partial charge in [0.05, 0.1) is 16.1 Å². The second-order valence-electron chi connectivity index (χ2n) is 6.57. The van der Waals surface area contributed by atoms with Gasteiger partial charge in [0, 0.05) is 22.5 Å². The van der Waals surface area contributed by atoms with Crippen molar-refractivity contribution in [3.8, 4) is 5.75 Å². The molecular formula is C20H18Cl2N2O2S. The molecule has 0 N–H and O–H groups in total. The van der Waals surface area contributed by atoms with E-state index in [4.69, 9.17) is 27.9 Å². The van der Waals surface area contributed by atoms with Crippen molar-refractivity contribution >= 4 is 51.3 Å². The number of carbonyl (C=O) groups is 1. The van der Waals surface area contributed by atoms with E-state index in [1.807, 2.05) is 35.4 Å².